The second-order valence-corrected chi connectivity index (χ2v) is 6.20. The molecular weight excluding hydrogens is 306 g/mol. The average molecular weight is 322 g/mol. The van der Waals surface area contributed by atoms with E-state index in [2.05, 4.69) is 21.2 Å². The molecule has 1 unspecified atom stereocenters. The van der Waals surface area contributed by atoms with E-state index >= 15 is 0 Å². The van der Waals surface area contributed by atoms with Gasteiger partial charge in [-0.05, 0) is 36.5 Å². The van der Waals surface area contributed by atoms with Gasteiger partial charge in [0.15, 0.2) is 5.96 Å². The van der Waals surface area contributed by atoms with Gasteiger partial charge in [0.1, 0.15) is 5.54 Å². The van der Waals surface area contributed by atoms with Crippen LogP contribution in [0.3, 0.4) is 0 Å². The SMILES string of the molecule is CN1C(=N)NC(c2cccc(Br)c2)(C2CCC2)C1=O. The van der Waals surface area contributed by atoms with E-state index < -0.39 is 5.54 Å². The first-order chi connectivity index (χ1) is 9.05. The Balaban J connectivity index is 2.13. The van der Waals surface area contributed by atoms with Crippen LogP contribution in [0, 0.1) is 11.3 Å². The monoisotopic (exact) mass is 321 g/mol. The zero-order valence-corrected chi connectivity index (χ0v) is 12.3. The second-order valence-electron chi connectivity index (χ2n) is 5.28. The molecule has 1 saturated heterocycles. The summed E-state index contributed by atoms with van der Waals surface area (Å²) in [6, 6.07) is 7.85. The number of benzene rings is 1. The van der Waals surface area contributed by atoms with Crippen molar-refractivity contribution >= 4 is 27.8 Å². The molecule has 1 aromatic carbocycles. The maximum absolute atomic E-state index is 12.7. The molecule has 0 bridgehead atoms. The number of nitrogens with zero attached hydrogens (tertiary/aromatic N) is 1. The van der Waals surface area contributed by atoms with E-state index in [4.69, 9.17) is 5.41 Å². The summed E-state index contributed by atoms with van der Waals surface area (Å²) < 4.78 is 0.958. The number of guanidine groups is 1. The Hall–Kier alpha value is -1.36. The Labute approximate surface area is 120 Å². The second kappa shape index (κ2) is 4.34. The summed E-state index contributed by atoms with van der Waals surface area (Å²) in [5, 5.41) is 11.1. The molecule has 1 aromatic rings. The Morgan fingerprint density at radius 1 is 1.47 bits per heavy atom. The number of amides is 1. The highest BCUT2D eigenvalue weighted by molar-refractivity contribution is 9.10. The minimum absolute atomic E-state index is 0.0136. The average Bonchev–Trinajstić information content (AvgIpc) is 2.53. The third-order valence-corrected chi connectivity index (χ3v) is 4.78. The minimum Gasteiger partial charge on any atom is -0.338 e. The zero-order valence-electron chi connectivity index (χ0n) is 10.7. The van der Waals surface area contributed by atoms with E-state index in [9.17, 15) is 4.79 Å². The highest BCUT2D eigenvalue weighted by atomic mass is 79.9. The molecule has 1 heterocycles. The predicted molar refractivity (Wildman–Crippen MR) is 76.8 cm³/mol. The molecule has 1 aliphatic heterocycles. The molecule has 1 amide bonds. The van der Waals surface area contributed by atoms with E-state index in [1.54, 1.807) is 7.05 Å². The molecule has 1 aliphatic carbocycles. The van der Waals surface area contributed by atoms with E-state index in [1.165, 1.54) is 4.90 Å². The number of likely N-dealkylation sites (N-methyl/N-ethyl adjacent to an activating group) is 1. The van der Waals surface area contributed by atoms with Crippen molar-refractivity contribution in [3.63, 3.8) is 0 Å². The lowest BCUT2D eigenvalue weighted by atomic mass is 9.67. The van der Waals surface area contributed by atoms with Gasteiger partial charge in [0.25, 0.3) is 5.91 Å². The topological polar surface area (TPSA) is 56.2 Å². The lowest BCUT2D eigenvalue weighted by Gasteiger charge is -2.41. The van der Waals surface area contributed by atoms with Crippen molar-refractivity contribution in [1.82, 2.24) is 10.2 Å². The lowest BCUT2D eigenvalue weighted by Crippen LogP contribution is -2.52. The number of hydrogen-bond acceptors (Lipinski definition) is 2. The maximum atomic E-state index is 12.7. The van der Waals surface area contributed by atoms with Crippen LogP contribution in [0.2, 0.25) is 0 Å². The van der Waals surface area contributed by atoms with Crippen molar-refractivity contribution in [2.24, 2.45) is 5.92 Å². The van der Waals surface area contributed by atoms with Gasteiger partial charge >= 0.3 is 0 Å². The van der Waals surface area contributed by atoms with Crippen LogP contribution < -0.4 is 5.32 Å². The number of hydrogen-bond donors (Lipinski definition) is 2. The van der Waals surface area contributed by atoms with Gasteiger partial charge in [-0.25, -0.2) is 0 Å². The van der Waals surface area contributed by atoms with Crippen molar-refractivity contribution < 1.29 is 4.79 Å². The molecule has 100 valence electrons. The fraction of sp³-hybridized carbons (Fsp3) is 0.429. The standard InChI is InChI=1S/C14H16BrN3O/c1-18-12(19)14(17-13(18)16,9-4-2-5-9)10-6-3-7-11(15)8-10/h3,6-9H,2,4-5H2,1H3,(H2,16,17). The number of halogens is 1. The fourth-order valence-electron chi connectivity index (χ4n) is 2.97. The molecule has 2 fully saturated rings. The van der Waals surface area contributed by atoms with Gasteiger partial charge in [0, 0.05) is 11.5 Å². The van der Waals surface area contributed by atoms with E-state index in [1.807, 2.05) is 24.3 Å². The van der Waals surface area contributed by atoms with Crippen LogP contribution in [-0.2, 0) is 10.3 Å². The summed E-state index contributed by atoms with van der Waals surface area (Å²) in [6.45, 7) is 0. The fourth-order valence-corrected chi connectivity index (χ4v) is 3.37. The Morgan fingerprint density at radius 3 is 2.68 bits per heavy atom. The highest BCUT2D eigenvalue weighted by Crippen LogP contribution is 2.46. The molecule has 1 atom stereocenters. The van der Waals surface area contributed by atoms with Crippen LogP contribution in [0.4, 0.5) is 0 Å². The van der Waals surface area contributed by atoms with Crippen molar-refractivity contribution in [1.29, 1.82) is 5.41 Å². The van der Waals surface area contributed by atoms with Crippen LogP contribution in [0.15, 0.2) is 28.7 Å². The molecule has 0 radical (unpaired) electrons. The zero-order chi connectivity index (χ0) is 13.6. The summed E-state index contributed by atoms with van der Waals surface area (Å²) in [4.78, 5) is 14.1. The summed E-state index contributed by atoms with van der Waals surface area (Å²) >= 11 is 3.47. The molecular formula is C14H16BrN3O. The van der Waals surface area contributed by atoms with Crippen molar-refractivity contribution in [3.05, 3.63) is 34.3 Å². The van der Waals surface area contributed by atoms with Crippen LogP contribution in [-0.4, -0.2) is 23.8 Å². The maximum Gasteiger partial charge on any atom is 0.259 e. The molecule has 2 aliphatic rings. The Bertz CT molecular complexity index is 555. The molecule has 2 N–H and O–H groups in total. The van der Waals surface area contributed by atoms with Crippen molar-refractivity contribution in [3.8, 4) is 0 Å². The quantitative estimate of drug-likeness (QED) is 0.879. The number of nitrogens with one attached hydrogen (secondary N) is 2. The van der Waals surface area contributed by atoms with Crippen LogP contribution in [0.25, 0.3) is 0 Å². The molecule has 0 aromatic heterocycles. The van der Waals surface area contributed by atoms with Crippen molar-refractivity contribution in [2.45, 2.75) is 24.8 Å². The van der Waals surface area contributed by atoms with E-state index in [0.29, 0.717) is 0 Å². The minimum atomic E-state index is -0.742. The first-order valence-corrected chi connectivity index (χ1v) is 7.26. The molecule has 3 rings (SSSR count). The Kier molecular flexibility index (Phi) is 2.89. The first-order valence-electron chi connectivity index (χ1n) is 6.46. The Morgan fingerprint density at radius 2 is 2.21 bits per heavy atom. The smallest absolute Gasteiger partial charge is 0.259 e. The van der Waals surface area contributed by atoms with Crippen LogP contribution in [0.1, 0.15) is 24.8 Å². The summed E-state index contributed by atoms with van der Waals surface area (Å²) in [5.41, 5.74) is 0.208. The van der Waals surface area contributed by atoms with Gasteiger partial charge in [0.2, 0.25) is 0 Å². The number of rotatable bonds is 2. The lowest BCUT2D eigenvalue weighted by molar-refractivity contribution is -0.134. The van der Waals surface area contributed by atoms with Gasteiger partial charge < -0.3 is 5.32 Å². The molecule has 5 heteroatoms. The summed E-state index contributed by atoms with van der Waals surface area (Å²) in [7, 11) is 1.66. The van der Waals surface area contributed by atoms with Crippen molar-refractivity contribution in [2.75, 3.05) is 7.05 Å². The van der Waals surface area contributed by atoms with Gasteiger partial charge in [-0.3, -0.25) is 15.1 Å². The van der Waals surface area contributed by atoms with Crippen LogP contribution >= 0.6 is 15.9 Å². The highest BCUT2D eigenvalue weighted by Gasteiger charge is 2.55. The third kappa shape index (κ3) is 1.71. The summed E-state index contributed by atoms with van der Waals surface area (Å²) in [5.74, 6) is 0.455. The molecule has 19 heavy (non-hydrogen) atoms. The van der Waals surface area contributed by atoms with Crippen LogP contribution in [0.5, 0.6) is 0 Å². The summed E-state index contributed by atoms with van der Waals surface area (Å²) in [6.07, 6.45) is 3.23. The molecule has 0 spiro atoms. The largest absolute Gasteiger partial charge is 0.338 e. The van der Waals surface area contributed by atoms with Gasteiger partial charge in [-0.2, -0.15) is 0 Å². The van der Waals surface area contributed by atoms with E-state index in [-0.39, 0.29) is 17.8 Å². The third-order valence-electron chi connectivity index (χ3n) is 4.29. The molecule has 1 saturated carbocycles. The predicted octanol–water partition coefficient (Wildman–Crippen LogP) is 2.44. The number of carbonyl (C=O) groups is 1. The molecule has 4 nitrogen and oxygen atoms in total. The first kappa shape index (κ1) is 12.7. The van der Waals surface area contributed by atoms with Gasteiger partial charge in [0.05, 0.1) is 0 Å². The van der Waals surface area contributed by atoms with Gasteiger partial charge in [-0.15, -0.1) is 0 Å². The normalized spacial score (nSPS) is 27.4. The van der Waals surface area contributed by atoms with Gasteiger partial charge in [-0.1, -0.05) is 34.5 Å². The number of carbonyl (C=O) groups excluding carboxylic acids is 1. The van der Waals surface area contributed by atoms with E-state index in [0.717, 1.165) is 29.3 Å².